The first-order valence-electron chi connectivity index (χ1n) is 3.15. The van der Waals surface area contributed by atoms with Crippen LogP contribution in [0.25, 0.3) is 0 Å². The molecule has 0 amide bonds. The Morgan fingerprint density at radius 1 is 1.42 bits per heavy atom. The zero-order chi connectivity index (χ0) is 9.14. The van der Waals surface area contributed by atoms with E-state index in [4.69, 9.17) is 28.5 Å². The van der Waals surface area contributed by atoms with Crippen molar-refractivity contribution in [2.45, 2.75) is 6.42 Å². The first-order chi connectivity index (χ1) is 5.65. The van der Waals surface area contributed by atoms with Crippen LogP contribution in [0.1, 0.15) is 5.56 Å². The fourth-order valence-electron chi connectivity index (χ4n) is 0.823. The lowest BCUT2D eigenvalue weighted by Gasteiger charge is -2.02. The number of benzene rings is 1. The summed E-state index contributed by atoms with van der Waals surface area (Å²) in [5, 5.41) is 9.60. The van der Waals surface area contributed by atoms with Gasteiger partial charge in [-0.2, -0.15) is 5.26 Å². The fourth-order valence-corrected chi connectivity index (χ4v) is 1.87. The maximum Gasteiger partial charge on any atom is 0.0670 e. The predicted molar refractivity (Wildman–Crippen MR) is 53.5 cm³/mol. The van der Waals surface area contributed by atoms with Crippen LogP contribution < -0.4 is 0 Å². The minimum Gasteiger partial charge on any atom is -0.198 e. The summed E-state index contributed by atoms with van der Waals surface area (Å²) in [5.41, 5.74) is 0.749. The summed E-state index contributed by atoms with van der Waals surface area (Å²) in [4.78, 5) is 0. The van der Waals surface area contributed by atoms with Crippen molar-refractivity contribution in [3.63, 3.8) is 0 Å². The second-order valence-electron chi connectivity index (χ2n) is 2.20. The molecule has 12 heavy (non-hydrogen) atoms. The average Bonchev–Trinajstić information content (AvgIpc) is 2.00. The molecular formula is C8H4BrCl2N. The van der Waals surface area contributed by atoms with Crippen LogP contribution >= 0.6 is 39.1 Å². The van der Waals surface area contributed by atoms with Gasteiger partial charge in [-0.05, 0) is 33.6 Å². The highest BCUT2D eigenvalue weighted by Gasteiger charge is 2.05. The number of nitrogens with zero attached hydrogens (tertiary/aromatic N) is 1. The highest BCUT2D eigenvalue weighted by molar-refractivity contribution is 9.10. The molecule has 1 aromatic carbocycles. The third-order valence-corrected chi connectivity index (χ3v) is 2.86. The van der Waals surface area contributed by atoms with Crippen LogP contribution in [0.15, 0.2) is 16.6 Å². The van der Waals surface area contributed by atoms with Crippen molar-refractivity contribution in [1.29, 1.82) is 5.26 Å². The van der Waals surface area contributed by atoms with E-state index in [1.54, 1.807) is 12.1 Å². The van der Waals surface area contributed by atoms with E-state index in [9.17, 15) is 0 Å². The van der Waals surface area contributed by atoms with E-state index < -0.39 is 0 Å². The normalized spacial score (nSPS) is 9.50. The van der Waals surface area contributed by atoms with Gasteiger partial charge in [0.05, 0.1) is 17.5 Å². The van der Waals surface area contributed by atoms with Crippen molar-refractivity contribution >= 4 is 39.1 Å². The lowest BCUT2D eigenvalue weighted by molar-refractivity contribution is 1.26. The zero-order valence-electron chi connectivity index (χ0n) is 5.94. The Morgan fingerprint density at radius 2 is 2.08 bits per heavy atom. The zero-order valence-corrected chi connectivity index (χ0v) is 9.04. The number of halogens is 3. The van der Waals surface area contributed by atoms with E-state index in [-0.39, 0.29) is 6.42 Å². The molecule has 0 aliphatic rings. The van der Waals surface area contributed by atoms with Crippen molar-refractivity contribution in [1.82, 2.24) is 0 Å². The van der Waals surface area contributed by atoms with Crippen LogP contribution in [0, 0.1) is 11.3 Å². The topological polar surface area (TPSA) is 23.8 Å². The summed E-state index contributed by atoms with van der Waals surface area (Å²) in [5.74, 6) is 0. The van der Waals surface area contributed by atoms with Crippen LogP contribution in [-0.2, 0) is 6.42 Å². The lowest BCUT2D eigenvalue weighted by Crippen LogP contribution is -1.84. The van der Waals surface area contributed by atoms with Crippen molar-refractivity contribution in [3.8, 4) is 6.07 Å². The molecular weight excluding hydrogens is 261 g/mol. The van der Waals surface area contributed by atoms with E-state index in [0.717, 1.165) is 10.0 Å². The molecule has 4 heteroatoms. The van der Waals surface area contributed by atoms with Gasteiger partial charge < -0.3 is 0 Å². The van der Waals surface area contributed by atoms with Crippen molar-refractivity contribution in [2.75, 3.05) is 0 Å². The van der Waals surface area contributed by atoms with E-state index in [2.05, 4.69) is 15.9 Å². The largest absolute Gasteiger partial charge is 0.198 e. The lowest BCUT2D eigenvalue weighted by atomic mass is 10.2. The van der Waals surface area contributed by atoms with Crippen LogP contribution in [0.5, 0.6) is 0 Å². The van der Waals surface area contributed by atoms with E-state index in [1.807, 2.05) is 6.07 Å². The Balaban J connectivity index is 3.20. The Hall–Kier alpha value is -0.230. The molecule has 0 aromatic heterocycles. The molecule has 0 unspecified atom stereocenters. The summed E-state index contributed by atoms with van der Waals surface area (Å²) in [6, 6.07) is 5.41. The standard InChI is InChI=1S/C8H4BrCl2N/c9-7-4-6(10)3-5(1-2-12)8(7)11/h3-4H,1H2. The van der Waals surface area contributed by atoms with Gasteiger partial charge in [-0.25, -0.2) is 0 Å². The molecule has 0 saturated carbocycles. The Bertz CT molecular complexity index is 344. The molecule has 0 atom stereocenters. The molecule has 0 spiro atoms. The van der Waals surface area contributed by atoms with Gasteiger partial charge in [0.2, 0.25) is 0 Å². The molecule has 0 aliphatic heterocycles. The number of nitriles is 1. The minimum absolute atomic E-state index is 0.276. The molecule has 0 saturated heterocycles. The second kappa shape index (κ2) is 4.13. The third-order valence-electron chi connectivity index (χ3n) is 1.34. The SMILES string of the molecule is N#CCc1cc(Cl)cc(Br)c1Cl. The molecule has 1 aromatic rings. The molecule has 0 fully saturated rings. The van der Waals surface area contributed by atoms with Gasteiger partial charge in [0, 0.05) is 9.50 Å². The van der Waals surface area contributed by atoms with Crippen molar-refractivity contribution in [3.05, 3.63) is 32.2 Å². The van der Waals surface area contributed by atoms with E-state index in [0.29, 0.717) is 10.0 Å². The fraction of sp³-hybridized carbons (Fsp3) is 0.125. The van der Waals surface area contributed by atoms with Crippen LogP contribution in [-0.4, -0.2) is 0 Å². The average molecular weight is 265 g/mol. The molecule has 1 nitrogen and oxygen atoms in total. The van der Waals surface area contributed by atoms with Crippen LogP contribution in [0.3, 0.4) is 0 Å². The summed E-state index contributed by atoms with van der Waals surface area (Å²) in [6.45, 7) is 0. The quantitative estimate of drug-likeness (QED) is 0.708. The summed E-state index contributed by atoms with van der Waals surface area (Å²) in [6.07, 6.45) is 0.276. The minimum atomic E-state index is 0.276. The molecule has 0 bridgehead atoms. The number of hydrogen-bond acceptors (Lipinski definition) is 1. The molecule has 0 radical (unpaired) electrons. The summed E-state index contributed by atoms with van der Waals surface area (Å²) >= 11 is 14.9. The summed E-state index contributed by atoms with van der Waals surface area (Å²) < 4.78 is 0.724. The first kappa shape index (κ1) is 9.85. The summed E-state index contributed by atoms with van der Waals surface area (Å²) in [7, 11) is 0. The maximum absolute atomic E-state index is 8.46. The van der Waals surface area contributed by atoms with E-state index >= 15 is 0 Å². The van der Waals surface area contributed by atoms with Gasteiger partial charge in [0.1, 0.15) is 0 Å². The maximum atomic E-state index is 8.46. The highest BCUT2D eigenvalue weighted by Crippen LogP contribution is 2.30. The van der Waals surface area contributed by atoms with Gasteiger partial charge in [-0.3, -0.25) is 0 Å². The second-order valence-corrected chi connectivity index (χ2v) is 3.86. The smallest absolute Gasteiger partial charge is 0.0670 e. The van der Waals surface area contributed by atoms with Gasteiger partial charge in [-0.15, -0.1) is 0 Å². The molecule has 1 rings (SSSR count). The highest BCUT2D eigenvalue weighted by atomic mass is 79.9. The molecule has 0 heterocycles. The molecule has 0 aliphatic carbocycles. The number of hydrogen-bond donors (Lipinski definition) is 0. The Kier molecular flexibility index (Phi) is 3.39. The monoisotopic (exact) mass is 263 g/mol. The van der Waals surface area contributed by atoms with Crippen LogP contribution in [0.4, 0.5) is 0 Å². The van der Waals surface area contributed by atoms with Gasteiger partial charge in [0.25, 0.3) is 0 Å². The Labute approximate surface area is 89.0 Å². The first-order valence-corrected chi connectivity index (χ1v) is 4.70. The molecule has 62 valence electrons. The van der Waals surface area contributed by atoms with Crippen molar-refractivity contribution in [2.24, 2.45) is 0 Å². The predicted octanol–water partition coefficient (Wildman–Crippen LogP) is 3.82. The molecule has 0 N–H and O–H groups in total. The van der Waals surface area contributed by atoms with Gasteiger partial charge in [0.15, 0.2) is 0 Å². The Morgan fingerprint density at radius 3 is 2.67 bits per heavy atom. The van der Waals surface area contributed by atoms with Gasteiger partial charge >= 0.3 is 0 Å². The van der Waals surface area contributed by atoms with Crippen LogP contribution in [0.2, 0.25) is 10.0 Å². The number of rotatable bonds is 1. The third kappa shape index (κ3) is 2.13. The van der Waals surface area contributed by atoms with Gasteiger partial charge in [-0.1, -0.05) is 23.2 Å². The van der Waals surface area contributed by atoms with E-state index in [1.165, 1.54) is 0 Å². The van der Waals surface area contributed by atoms with Crippen molar-refractivity contribution < 1.29 is 0 Å².